The highest BCUT2D eigenvalue weighted by molar-refractivity contribution is 9.10. The van der Waals surface area contributed by atoms with E-state index in [1.54, 1.807) is 0 Å². The molecule has 1 fully saturated rings. The summed E-state index contributed by atoms with van der Waals surface area (Å²) in [5.74, 6) is 0.0144. The molecule has 2 heterocycles. The molecule has 0 saturated carbocycles. The highest BCUT2D eigenvalue weighted by atomic mass is 79.9. The molecule has 0 aliphatic carbocycles. The van der Waals surface area contributed by atoms with E-state index in [1.807, 2.05) is 23.8 Å². The van der Waals surface area contributed by atoms with Crippen molar-refractivity contribution in [2.24, 2.45) is 0 Å². The summed E-state index contributed by atoms with van der Waals surface area (Å²) in [5.41, 5.74) is 0.726. The lowest BCUT2D eigenvalue weighted by Crippen LogP contribution is -2.31. The van der Waals surface area contributed by atoms with Gasteiger partial charge >= 0.3 is 0 Å². The van der Waals surface area contributed by atoms with Gasteiger partial charge in [-0.15, -0.1) is 0 Å². The van der Waals surface area contributed by atoms with Gasteiger partial charge in [0, 0.05) is 29.8 Å². The molecule has 100 valence electrons. The molecule has 5 heteroatoms. The molecule has 1 amide bonds. The van der Waals surface area contributed by atoms with E-state index in [9.17, 15) is 4.79 Å². The molecular formula is C13H20BrN3O. The fraction of sp³-hybridized carbons (Fsp3) is 0.615. The molecule has 0 spiro atoms. The Hall–Kier alpha value is -0.810. The topological polar surface area (TPSA) is 46.1 Å². The van der Waals surface area contributed by atoms with Crippen molar-refractivity contribution in [2.75, 3.05) is 13.1 Å². The number of rotatable bonds is 5. The van der Waals surface area contributed by atoms with Crippen LogP contribution in [0.25, 0.3) is 0 Å². The Morgan fingerprint density at radius 2 is 2.50 bits per heavy atom. The molecule has 0 bridgehead atoms. The highest BCUT2D eigenvalue weighted by Gasteiger charge is 2.15. The number of aryl methyl sites for hydroxylation is 1. The molecule has 1 atom stereocenters. The SMILES string of the molecule is CCn1cc(Br)cc1C(=O)NCCC1CCCN1. The van der Waals surface area contributed by atoms with Crippen LogP contribution in [0.3, 0.4) is 0 Å². The van der Waals surface area contributed by atoms with Gasteiger partial charge in [0.05, 0.1) is 0 Å². The van der Waals surface area contributed by atoms with Crippen LogP contribution in [0, 0.1) is 0 Å². The van der Waals surface area contributed by atoms with Crippen LogP contribution in [0.1, 0.15) is 36.7 Å². The van der Waals surface area contributed by atoms with E-state index in [4.69, 9.17) is 0 Å². The number of halogens is 1. The molecule has 2 N–H and O–H groups in total. The molecule has 18 heavy (non-hydrogen) atoms. The zero-order valence-electron chi connectivity index (χ0n) is 10.7. The number of aromatic nitrogens is 1. The minimum atomic E-state index is 0.0144. The third-order valence-electron chi connectivity index (χ3n) is 3.38. The van der Waals surface area contributed by atoms with Crippen molar-refractivity contribution < 1.29 is 4.79 Å². The first-order valence-electron chi connectivity index (χ1n) is 6.58. The molecule has 2 rings (SSSR count). The summed E-state index contributed by atoms with van der Waals surface area (Å²) in [6.45, 7) is 4.69. The number of carbonyl (C=O) groups excluding carboxylic acids is 1. The van der Waals surface area contributed by atoms with Crippen molar-refractivity contribution >= 4 is 21.8 Å². The van der Waals surface area contributed by atoms with Crippen molar-refractivity contribution in [3.8, 4) is 0 Å². The lowest BCUT2D eigenvalue weighted by molar-refractivity contribution is 0.0943. The van der Waals surface area contributed by atoms with Gasteiger partial charge in [-0.25, -0.2) is 0 Å². The molecule has 0 aromatic carbocycles. The quantitative estimate of drug-likeness (QED) is 0.875. The van der Waals surface area contributed by atoms with Crippen LogP contribution >= 0.6 is 15.9 Å². The Labute approximate surface area is 116 Å². The fourth-order valence-electron chi connectivity index (χ4n) is 2.38. The maximum Gasteiger partial charge on any atom is 0.267 e. The standard InChI is InChI=1S/C13H20BrN3O/c1-2-17-9-10(14)8-12(17)13(18)16-7-5-11-4-3-6-15-11/h8-9,11,15H,2-7H2,1H3,(H,16,18). The third-order valence-corrected chi connectivity index (χ3v) is 3.81. The van der Waals surface area contributed by atoms with E-state index in [-0.39, 0.29) is 5.91 Å². The maximum absolute atomic E-state index is 12.0. The van der Waals surface area contributed by atoms with E-state index in [0.717, 1.165) is 36.2 Å². The Morgan fingerprint density at radius 3 is 3.17 bits per heavy atom. The van der Waals surface area contributed by atoms with E-state index in [1.165, 1.54) is 12.8 Å². The van der Waals surface area contributed by atoms with E-state index >= 15 is 0 Å². The minimum absolute atomic E-state index is 0.0144. The largest absolute Gasteiger partial charge is 0.351 e. The van der Waals surface area contributed by atoms with Gasteiger partial charge < -0.3 is 15.2 Å². The Kier molecular flexibility index (Phi) is 4.83. The van der Waals surface area contributed by atoms with Gasteiger partial charge in [-0.1, -0.05) is 0 Å². The lowest BCUT2D eigenvalue weighted by atomic mass is 10.1. The van der Waals surface area contributed by atoms with Crippen LogP contribution in [0.2, 0.25) is 0 Å². The van der Waals surface area contributed by atoms with Crippen LogP contribution in [0.5, 0.6) is 0 Å². The number of amides is 1. The summed E-state index contributed by atoms with van der Waals surface area (Å²) < 4.78 is 2.90. The van der Waals surface area contributed by atoms with Crippen molar-refractivity contribution in [3.05, 3.63) is 22.4 Å². The van der Waals surface area contributed by atoms with Gasteiger partial charge in [0.25, 0.3) is 5.91 Å². The summed E-state index contributed by atoms with van der Waals surface area (Å²) in [6, 6.07) is 2.45. The van der Waals surface area contributed by atoms with Crippen LogP contribution in [-0.2, 0) is 6.54 Å². The average Bonchev–Trinajstić information content (AvgIpc) is 2.98. The highest BCUT2D eigenvalue weighted by Crippen LogP contribution is 2.15. The number of hydrogen-bond donors (Lipinski definition) is 2. The Morgan fingerprint density at radius 1 is 1.67 bits per heavy atom. The first-order valence-corrected chi connectivity index (χ1v) is 7.37. The lowest BCUT2D eigenvalue weighted by Gasteiger charge is -2.11. The molecule has 0 radical (unpaired) electrons. The Balaban J connectivity index is 1.83. The van der Waals surface area contributed by atoms with Gasteiger partial charge in [-0.05, 0) is 54.7 Å². The molecule has 1 saturated heterocycles. The number of hydrogen-bond acceptors (Lipinski definition) is 2. The summed E-state index contributed by atoms with van der Waals surface area (Å²) in [7, 11) is 0. The molecule has 1 aliphatic rings. The molecular weight excluding hydrogens is 294 g/mol. The van der Waals surface area contributed by atoms with Crippen molar-refractivity contribution in [3.63, 3.8) is 0 Å². The molecule has 1 aromatic rings. The fourth-order valence-corrected chi connectivity index (χ4v) is 2.84. The predicted molar refractivity (Wildman–Crippen MR) is 75.8 cm³/mol. The van der Waals surface area contributed by atoms with Gasteiger partial charge in [0.2, 0.25) is 0 Å². The summed E-state index contributed by atoms with van der Waals surface area (Å²) in [4.78, 5) is 12.0. The first-order chi connectivity index (χ1) is 8.70. The van der Waals surface area contributed by atoms with Crippen LogP contribution in [0.15, 0.2) is 16.7 Å². The van der Waals surface area contributed by atoms with Crippen molar-refractivity contribution in [2.45, 2.75) is 38.8 Å². The second-order valence-corrected chi connectivity index (χ2v) is 5.58. The normalized spacial score (nSPS) is 19.1. The van der Waals surface area contributed by atoms with Crippen molar-refractivity contribution in [1.82, 2.24) is 15.2 Å². The van der Waals surface area contributed by atoms with E-state index < -0.39 is 0 Å². The van der Waals surface area contributed by atoms with Crippen LogP contribution < -0.4 is 10.6 Å². The van der Waals surface area contributed by atoms with E-state index in [0.29, 0.717) is 6.04 Å². The number of nitrogens with zero attached hydrogens (tertiary/aromatic N) is 1. The van der Waals surface area contributed by atoms with Crippen molar-refractivity contribution in [1.29, 1.82) is 0 Å². The number of carbonyl (C=O) groups is 1. The van der Waals surface area contributed by atoms with Crippen LogP contribution in [-0.4, -0.2) is 29.6 Å². The molecule has 1 aromatic heterocycles. The predicted octanol–water partition coefficient (Wildman–Crippen LogP) is 2.14. The summed E-state index contributed by atoms with van der Waals surface area (Å²) in [5, 5.41) is 6.43. The summed E-state index contributed by atoms with van der Waals surface area (Å²) in [6.07, 6.45) is 5.43. The minimum Gasteiger partial charge on any atom is -0.351 e. The molecule has 1 aliphatic heterocycles. The number of nitrogens with one attached hydrogen (secondary N) is 2. The summed E-state index contributed by atoms with van der Waals surface area (Å²) >= 11 is 3.40. The zero-order valence-corrected chi connectivity index (χ0v) is 12.3. The molecule has 1 unspecified atom stereocenters. The Bertz CT molecular complexity index is 410. The second-order valence-electron chi connectivity index (χ2n) is 4.67. The second kappa shape index (κ2) is 6.38. The zero-order chi connectivity index (χ0) is 13.0. The average molecular weight is 314 g/mol. The molecule has 4 nitrogen and oxygen atoms in total. The third kappa shape index (κ3) is 3.36. The first kappa shape index (κ1) is 13.6. The van der Waals surface area contributed by atoms with Gasteiger partial charge in [-0.3, -0.25) is 4.79 Å². The van der Waals surface area contributed by atoms with Gasteiger partial charge in [0.1, 0.15) is 5.69 Å². The van der Waals surface area contributed by atoms with Gasteiger partial charge in [0.15, 0.2) is 0 Å². The van der Waals surface area contributed by atoms with Gasteiger partial charge in [-0.2, -0.15) is 0 Å². The van der Waals surface area contributed by atoms with E-state index in [2.05, 4.69) is 26.6 Å². The smallest absolute Gasteiger partial charge is 0.267 e. The van der Waals surface area contributed by atoms with Crippen LogP contribution in [0.4, 0.5) is 0 Å². The monoisotopic (exact) mass is 313 g/mol. The maximum atomic E-state index is 12.0.